The molecule has 0 bridgehead atoms. The van der Waals surface area contributed by atoms with Gasteiger partial charge in [0.2, 0.25) is 10.0 Å². The molecule has 2 aliphatic carbocycles. The van der Waals surface area contributed by atoms with Crippen molar-refractivity contribution in [1.29, 1.82) is 0 Å². The lowest BCUT2D eigenvalue weighted by Crippen LogP contribution is -2.23. The third kappa shape index (κ3) is 3.26. The van der Waals surface area contributed by atoms with Crippen molar-refractivity contribution in [3.05, 3.63) is 47.8 Å². The quantitative estimate of drug-likeness (QED) is 0.873. The van der Waals surface area contributed by atoms with E-state index in [0.717, 1.165) is 5.69 Å². The molecule has 0 atom stereocenters. The van der Waals surface area contributed by atoms with Crippen LogP contribution < -0.4 is 4.72 Å². The smallest absolute Gasteiger partial charge is 0.240 e. The predicted molar refractivity (Wildman–Crippen MR) is 92.2 cm³/mol. The number of hydrogen-bond donors (Lipinski definition) is 1. The van der Waals surface area contributed by atoms with E-state index in [1.807, 2.05) is 6.07 Å². The van der Waals surface area contributed by atoms with Crippen molar-refractivity contribution in [3.63, 3.8) is 0 Å². The first-order valence-corrected chi connectivity index (χ1v) is 10.2. The molecular formula is C18H23N3O2S. The van der Waals surface area contributed by atoms with E-state index in [4.69, 9.17) is 5.10 Å². The van der Waals surface area contributed by atoms with Crippen LogP contribution >= 0.6 is 0 Å². The molecule has 0 saturated heterocycles. The van der Waals surface area contributed by atoms with Gasteiger partial charge in [0.25, 0.3) is 0 Å². The van der Waals surface area contributed by atoms with Crippen LogP contribution in [-0.4, -0.2) is 18.2 Å². The zero-order valence-electron chi connectivity index (χ0n) is 13.7. The molecule has 128 valence electrons. The van der Waals surface area contributed by atoms with Crippen molar-refractivity contribution in [2.45, 2.75) is 61.9 Å². The van der Waals surface area contributed by atoms with E-state index in [2.05, 4.69) is 15.5 Å². The number of benzene rings is 1. The van der Waals surface area contributed by atoms with E-state index in [0.29, 0.717) is 16.9 Å². The number of sulfonamides is 1. The third-order valence-electron chi connectivity index (χ3n) is 4.98. The van der Waals surface area contributed by atoms with E-state index < -0.39 is 10.0 Å². The van der Waals surface area contributed by atoms with Crippen molar-refractivity contribution in [1.82, 2.24) is 14.5 Å². The van der Waals surface area contributed by atoms with E-state index in [-0.39, 0.29) is 6.54 Å². The first-order chi connectivity index (χ1) is 11.6. The molecule has 0 aliphatic heterocycles. The highest BCUT2D eigenvalue weighted by Crippen LogP contribution is 2.43. The Morgan fingerprint density at radius 3 is 2.46 bits per heavy atom. The molecule has 5 nitrogen and oxygen atoms in total. The molecule has 2 aromatic rings. The van der Waals surface area contributed by atoms with Crippen LogP contribution in [0.5, 0.6) is 0 Å². The van der Waals surface area contributed by atoms with Gasteiger partial charge in [-0.05, 0) is 43.9 Å². The topological polar surface area (TPSA) is 64.0 Å². The highest BCUT2D eigenvalue weighted by Gasteiger charge is 2.31. The van der Waals surface area contributed by atoms with Crippen LogP contribution in [0.25, 0.3) is 0 Å². The Labute approximate surface area is 143 Å². The average Bonchev–Trinajstić information content (AvgIpc) is 3.12. The molecule has 0 radical (unpaired) electrons. The van der Waals surface area contributed by atoms with Crippen LogP contribution in [0, 0.1) is 0 Å². The Bertz CT molecular complexity index is 804. The number of nitrogens with zero attached hydrogens (tertiary/aromatic N) is 2. The summed E-state index contributed by atoms with van der Waals surface area (Å²) in [5.74, 6) is 0.623. The first-order valence-electron chi connectivity index (χ1n) is 8.76. The molecule has 1 aromatic heterocycles. The molecule has 2 fully saturated rings. The molecule has 0 unspecified atom stereocenters. The second kappa shape index (κ2) is 6.33. The Morgan fingerprint density at radius 1 is 1.08 bits per heavy atom. The Hall–Kier alpha value is -1.66. The van der Waals surface area contributed by atoms with Crippen LogP contribution in [-0.2, 0) is 16.6 Å². The molecule has 24 heavy (non-hydrogen) atoms. The minimum absolute atomic E-state index is 0.247. The molecule has 6 heteroatoms. The lowest BCUT2D eigenvalue weighted by Gasteiger charge is -2.13. The fourth-order valence-electron chi connectivity index (χ4n) is 3.53. The van der Waals surface area contributed by atoms with Crippen molar-refractivity contribution in [3.8, 4) is 0 Å². The van der Waals surface area contributed by atoms with Crippen LogP contribution in [0.3, 0.4) is 0 Å². The van der Waals surface area contributed by atoms with Crippen LogP contribution in [0.4, 0.5) is 0 Å². The summed E-state index contributed by atoms with van der Waals surface area (Å²) in [5, 5.41) is 4.74. The van der Waals surface area contributed by atoms with Crippen molar-refractivity contribution in [2.24, 2.45) is 0 Å². The van der Waals surface area contributed by atoms with Gasteiger partial charge >= 0.3 is 0 Å². The molecule has 2 aliphatic rings. The lowest BCUT2D eigenvalue weighted by atomic mass is 10.2. The minimum Gasteiger partial charge on any atom is -0.266 e. The largest absolute Gasteiger partial charge is 0.266 e. The van der Waals surface area contributed by atoms with E-state index >= 15 is 0 Å². The van der Waals surface area contributed by atoms with Crippen LogP contribution in [0.2, 0.25) is 0 Å². The second-order valence-corrected chi connectivity index (χ2v) is 8.62. The van der Waals surface area contributed by atoms with Crippen LogP contribution in [0.1, 0.15) is 61.9 Å². The van der Waals surface area contributed by atoms with E-state index in [9.17, 15) is 8.42 Å². The minimum atomic E-state index is -3.48. The summed E-state index contributed by atoms with van der Waals surface area (Å²) in [4.78, 5) is 0.294. The SMILES string of the molecule is O=S(=O)(NCc1cc(C2CC2)n(C2CCCC2)n1)c1ccccc1. The molecule has 4 rings (SSSR count). The van der Waals surface area contributed by atoms with Crippen molar-refractivity contribution >= 4 is 10.0 Å². The summed E-state index contributed by atoms with van der Waals surface area (Å²) < 4.78 is 29.6. The summed E-state index contributed by atoms with van der Waals surface area (Å²) in [6.07, 6.45) is 7.38. The molecule has 0 amide bonds. The Morgan fingerprint density at radius 2 is 1.79 bits per heavy atom. The van der Waals surface area contributed by atoms with Crippen molar-refractivity contribution < 1.29 is 8.42 Å². The summed E-state index contributed by atoms with van der Waals surface area (Å²) in [6, 6.07) is 11.1. The average molecular weight is 345 g/mol. The zero-order chi connectivity index (χ0) is 16.6. The maximum atomic E-state index is 12.4. The van der Waals surface area contributed by atoms with Crippen LogP contribution in [0.15, 0.2) is 41.3 Å². The van der Waals surface area contributed by atoms with Gasteiger partial charge in [-0.25, -0.2) is 13.1 Å². The molecular weight excluding hydrogens is 322 g/mol. The van der Waals surface area contributed by atoms with Gasteiger partial charge in [-0.2, -0.15) is 5.10 Å². The molecule has 0 spiro atoms. The Balaban J connectivity index is 1.51. The summed E-state index contributed by atoms with van der Waals surface area (Å²) in [5.41, 5.74) is 2.12. The zero-order valence-corrected chi connectivity index (χ0v) is 14.5. The number of hydrogen-bond acceptors (Lipinski definition) is 3. The van der Waals surface area contributed by atoms with Gasteiger partial charge in [0.1, 0.15) is 0 Å². The highest BCUT2D eigenvalue weighted by molar-refractivity contribution is 7.89. The summed E-state index contributed by atoms with van der Waals surface area (Å²) in [6.45, 7) is 0.247. The maximum Gasteiger partial charge on any atom is 0.240 e. The van der Waals surface area contributed by atoms with Gasteiger partial charge in [0, 0.05) is 11.6 Å². The summed E-state index contributed by atoms with van der Waals surface area (Å²) in [7, 11) is -3.48. The van der Waals surface area contributed by atoms with Crippen molar-refractivity contribution in [2.75, 3.05) is 0 Å². The number of rotatable bonds is 6. The first kappa shape index (κ1) is 15.8. The molecule has 1 heterocycles. The standard InChI is InChI=1S/C18H23N3O2S/c22-24(23,17-8-2-1-3-9-17)19-13-15-12-18(14-10-11-14)21(20-15)16-6-4-5-7-16/h1-3,8-9,12,14,16,19H,4-7,10-11,13H2. The van der Waals surface area contributed by atoms with Gasteiger partial charge in [-0.15, -0.1) is 0 Å². The number of aromatic nitrogens is 2. The fourth-order valence-corrected chi connectivity index (χ4v) is 4.55. The normalized spacial score (nSPS) is 19.0. The van der Waals surface area contributed by atoms with Gasteiger partial charge in [-0.1, -0.05) is 31.0 Å². The molecule has 1 N–H and O–H groups in total. The van der Waals surface area contributed by atoms with E-state index in [1.54, 1.807) is 24.3 Å². The highest BCUT2D eigenvalue weighted by atomic mass is 32.2. The molecule has 1 aromatic carbocycles. The third-order valence-corrected chi connectivity index (χ3v) is 6.40. The van der Waals surface area contributed by atoms with Gasteiger partial charge in [-0.3, -0.25) is 4.68 Å². The molecule has 2 saturated carbocycles. The Kier molecular flexibility index (Phi) is 4.18. The number of nitrogens with one attached hydrogen (secondary N) is 1. The van der Waals surface area contributed by atoms with Gasteiger partial charge < -0.3 is 0 Å². The van der Waals surface area contributed by atoms with Gasteiger partial charge in [0.05, 0.1) is 23.2 Å². The fraction of sp³-hybridized carbons (Fsp3) is 0.500. The second-order valence-electron chi connectivity index (χ2n) is 6.86. The lowest BCUT2D eigenvalue weighted by molar-refractivity contribution is 0.446. The monoisotopic (exact) mass is 345 g/mol. The van der Waals surface area contributed by atoms with E-state index in [1.165, 1.54) is 44.2 Å². The summed E-state index contributed by atoms with van der Waals surface area (Å²) >= 11 is 0. The predicted octanol–water partition coefficient (Wildman–Crippen LogP) is 3.35. The maximum absolute atomic E-state index is 12.4. The van der Waals surface area contributed by atoms with Gasteiger partial charge in [0.15, 0.2) is 0 Å².